The molecule has 1 atom stereocenters. The van der Waals surface area contributed by atoms with Gasteiger partial charge in [-0.15, -0.1) is 0 Å². The summed E-state index contributed by atoms with van der Waals surface area (Å²) in [7, 11) is 0. The number of para-hydroxylation sites is 2. The van der Waals surface area contributed by atoms with Crippen molar-refractivity contribution in [1.29, 1.82) is 0 Å². The van der Waals surface area contributed by atoms with Crippen LogP contribution in [0.25, 0.3) is 11.0 Å². The Hall–Kier alpha value is -2.73. The Kier molecular flexibility index (Phi) is 4.66. The van der Waals surface area contributed by atoms with Crippen molar-refractivity contribution in [3.63, 3.8) is 0 Å². The zero-order valence-electron chi connectivity index (χ0n) is 15.6. The molecule has 4 rings (SSSR count). The number of ether oxygens (including phenoxy) is 1. The van der Waals surface area contributed by atoms with Gasteiger partial charge in [0.25, 0.3) is 5.56 Å². The molecule has 1 saturated heterocycles. The fourth-order valence-electron chi connectivity index (χ4n) is 3.86. The molecule has 140 valence electrons. The van der Waals surface area contributed by atoms with Gasteiger partial charge in [0.2, 0.25) is 0 Å². The van der Waals surface area contributed by atoms with Crippen molar-refractivity contribution < 1.29 is 9.53 Å². The summed E-state index contributed by atoms with van der Waals surface area (Å²) >= 11 is 0. The van der Waals surface area contributed by atoms with Gasteiger partial charge in [-0.05, 0) is 44.9 Å². The normalized spacial score (nSPS) is 16.9. The quantitative estimate of drug-likeness (QED) is 0.652. The van der Waals surface area contributed by atoms with Crippen LogP contribution in [0.5, 0.6) is 0 Å². The summed E-state index contributed by atoms with van der Waals surface area (Å²) in [5, 5.41) is 0. The molecule has 2 aromatic heterocycles. The molecule has 1 fully saturated rings. The largest absolute Gasteiger partial charge is 0.376 e. The lowest BCUT2D eigenvalue weighted by Gasteiger charge is -2.15. The van der Waals surface area contributed by atoms with Crippen LogP contribution in [0.3, 0.4) is 0 Å². The lowest BCUT2D eigenvalue weighted by atomic mass is 10.1. The van der Waals surface area contributed by atoms with Crippen molar-refractivity contribution in [2.45, 2.75) is 45.9 Å². The molecule has 0 unspecified atom stereocenters. The van der Waals surface area contributed by atoms with E-state index in [1.165, 1.54) is 10.8 Å². The maximum absolute atomic E-state index is 13.0. The molecule has 0 amide bonds. The van der Waals surface area contributed by atoms with Crippen molar-refractivity contribution in [3.8, 4) is 0 Å². The van der Waals surface area contributed by atoms with Crippen LogP contribution in [-0.4, -0.2) is 32.6 Å². The summed E-state index contributed by atoms with van der Waals surface area (Å²) in [6.45, 7) is 5.55. The SMILES string of the molecule is Cc1cc(C(=O)Cn2c(=O)cnc3ccccc32)c(C)n1C[C@@H]1CCCO1. The molecular formula is C21H23N3O3. The summed E-state index contributed by atoms with van der Waals surface area (Å²) in [5.41, 5.74) is 3.74. The van der Waals surface area contributed by atoms with Crippen LogP contribution in [0, 0.1) is 13.8 Å². The van der Waals surface area contributed by atoms with Crippen molar-refractivity contribution in [2.24, 2.45) is 0 Å². The van der Waals surface area contributed by atoms with Crippen molar-refractivity contribution in [2.75, 3.05) is 6.61 Å². The molecular weight excluding hydrogens is 342 g/mol. The van der Waals surface area contributed by atoms with Crippen LogP contribution in [0.2, 0.25) is 0 Å². The van der Waals surface area contributed by atoms with E-state index in [1.54, 1.807) is 0 Å². The van der Waals surface area contributed by atoms with Gasteiger partial charge in [-0.2, -0.15) is 0 Å². The summed E-state index contributed by atoms with van der Waals surface area (Å²) in [4.78, 5) is 29.5. The maximum Gasteiger partial charge on any atom is 0.269 e. The van der Waals surface area contributed by atoms with Crippen molar-refractivity contribution >= 4 is 16.8 Å². The molecule has 0 radical (unpaired) electrons. The molecule has 0 saturated carbocycles. The van der Waals surface area contributed by atoms with Crippen LogP contribution >= 0.6 is 0 Å². The zero-order chi connectivity index (χ0) is 19.0. The molecule has 3 heterocycles. The zero-order valence-corrected chi connectivity index (χ0v) is 15.6. The molecule has 27 heavy (non-hydrogen) atoms. The van der Waals surface area contributed by atoms with Gasteiger partial charge in [0, 0.05) is 30.1 Å². The first-order valence-corrected chi connectivity index (χ1v) is 9.30. The third-order valence-electron chi connectivity index (χ3n) is 5.34. The Morgan fingerprint density at radius 3 is 2.85 bits per heavy atom. The van der Waals surface area contributed by atoms with E-state index in [0.29, 0.717) is 16.6 Å². The number of aryl methyl sites for hydroxylation is 1. The Morgan fingerprint density at radius 2 is 2.07 bits per heavy atom. The molecule has 0 aliphatic carbocycles. The van der Waals surface area contributed by atoms with Crippen LogP contribution in [0.1, 0.15) is 34.6 Å². The number of aromatic nitrogens is 3. The highest BCUT2D eigenvalue weighted by Crippen LogP contribution is 2.21. The topological polar surface area (TPSA) is 66.1 Å². The highest BCUT2D eigenvalue weighted by atomic mass is 16.5. The second-order valence-electron chi connectivity index (χ2n) is 7.12. The summed E-state index contributed by atoms with van der Waals surface area (Å²) in [6, 6.07) is 9.28. The van der Waals surface area contributed by atoms with Crippen molar-refractivity contribution in [1.82, 2.24) is 14.1 Å². The van der Waals surface area contributed by atoms with E-state index in [9.17, 15) is 9.59 Å². The second-order valence-corrected chi connectivity index (χ2v) is 7.12. The lowest BCUT2D eigenvalue weighted by molar-refractivity contribution is 0.0948. The predicted octanol–water partition coefficient (Wildman–Crippen LogP) is 2.88. The Bertz CT molecular complexity index is 1060. The number of Topliss-reactive ketones (excluding diaryl/α,β-unsaturated/α-hetero) is 1. The molecule has 0 N–H and O–H groups in total. The minimum absolute atomic E-state index is 0.00604. The number of ketones is 1. The molecule has 1 aliphatic rings. The number of benzene rings is 1. The van der Waals surface area contributed by atoms with Gasteiger partial charge in [0.1, 0.15) is 0 Å². The number of hydrogen-bond acceptors (Lipinski definition) is 4. The number of hydrogen-bond donors (Lipinski definition) is 0. The molecule has 3 aromatic rings. The third-order valence-corrected chi connectivity index (χ3v) is 5.34. The Morgan fingerprint density at radius 1 is 1.26 bits per heavy atom. The Labute approximate surface area is 157 Å². The van der Waals surface area contributed by atoms with E-state index in [1.807, 2.05) is 44.2 Å². The van der Waals surface area contributed by atoms with E-state index in [0.717, 1.165) is 37.4 Å². The number of fused-ring (bicyclic) bond motifs is 1. The van der Waals surface area contributed by atoms with Gasteiger partial charge in [-0.1, -0.05) is 12.1 Å². The minimum atomic E-state index is -0.268. The van der Waals surface area contributed by atoms with E-state index in [4.69, 9.17) is 4.74 Å². The molecule has 6 heteroatoms. The minimum Gasteiger partial charge on any atom is -0.376 e. The molecule has 1 aromatic carbocycles. The van der Waals surface area contributed by atoms with E-state index >= 15 is 0 Å². The van der Waals surface area contributed by atoms with Gasteiger partial charge in [-0.25, -0.2) is 4.98 Å². The first-order valence-electron chi connectivity index (χ1n) is 9.30. The standard InChI is InChI=1S/C21H23N3O3/c1-14-10-17(15(2)23(14)12-16-6-5-9-27-16)20(25)13-24-19-8-4-3-7-18(19)22-11-21(24)26/h3-4,7-8,10-11,16H,5-6,9,12-13H2,1-2H3/t16-/m0/s1. The molecule has 1 aliphatic heterocycles. The molecule has 6 nitrogen and oxygen atoms in total. The van der Waals surface area contributed by atoms with Gasteiger partial charge in [-0.3, -0.25) is 14.2 Å². The van der Waals surface area contributed by atoms with E-state index in [2.05, 4.69) is 9.55 Å². The first-order chi connectivity index (χ1) is 13.0. The predicted molar refractivity (Wildman–Crippen MR) is 103 cm³/mol. The number of carbonyl (C=O) groups excluding carboxylic acids is 1. The number of nitrogens with zero attached hydrogens (tertiary/aromatic N) is 3. The lowest BCUT2D eigenvalue weighted by Crippen LogP contribution is -2.25. The summed E-state index contributed by atoms with van der Waals surface area (Å²) in [5.74, 6) is -0.0693. The monoisotopic (exact) mass is 365 g/mol. The fourth-order valence-corrected chi connectivity index (χ4v) is 3.86. The van der Waals surface area contributed by atoms with Crippen LogP contribution < -0.4 is 5.56 Å². The van der Waals surface area contributed by atoms with E-state index < -0.39 is 0 Å². The van der Waals surface area contributed by atoms with Gasteiger partial charge < -0.3 is 9.30 Å². The van der Waals surface area contributed by atoms with Gasteiger partial charge in [0.05, 0.1) is 29.9 Å². The summed E-state index contributed by atoms with van der Waals surface area (Å²) in [6.07, 6.45) is 3.63. The number of rotatable bonds is 5. The highest BCUT2D eigenvalue weighted by molar-refractivity contribution is 5.98. The fraction of sp³-hybridized carbons (Fsp3) is 0.381. The average Bonchev–Trinajstić information content (AvgIpc) is 3.28. The smallest absolute Gasteiger partial charge is 0.269 e. The Balaban J connectivity index is 1.64. The highest BCUT2D eigenvalue weighted by Gasteiger charge is 2.21. The van der Waals surface area contributed by atoms with Crippen molar-refractivity contribution in [3.05, 3.63) is 63.8 Å². The third kappa shape index (κ3) is 3.32. The average molecular weight is 365 g/mol. The summed E-state index contributed by atoms with van der Waals surface area (Å²) < 4.78 is 9.38. The maximum atomic E-state index is 13.0. The molecule has 0 bridgehead atoms. The van der Waals surface area contributed by atoms with Gasteiger partial charge in [0.15, 0.2) is 5.78 Å². The first kappa shape index (κ1) is 17.7. The van der Waals surface area contributed by atoms with E-state index in [-0.39, 0.29) is 24.0 Å². The van der Waals surface area contributed by atoms with Crippen LogP contribution in [0.15, 0.2) is 41.3 Å². The van der Waals surface area contributed by atoms with Crippen LogP contribution in [-0.2, 0) is 17.8 Å². The second kappa shape index (κ2) is 7.12. The van der Waals surface area contributed by atoms with Crippen LogP contribution in [0.4, 0.5) is 0 Å². The van der Waals surface area contributed by atoms with Gasteiger partial charge >= 0.3 is 0 Å². The molecule has 0 spiro atoms. The number of carbonyl (C=O) groups is 1.